The highest BCUT2D eigenvalue weighted by molar-refractivity contribution is 6.09. The predicted octanol–water partition coefficient (Wildman–Crippen LogP) is 6.44. The smallest absolute Gasteiger partial charge is 0.248 e. The molecule has 2 aromatic heterocycles. The summed E-state index contributed by atoms with van der Waals surface area (Å²) in [6, 6.07) is 16.9. The molecule has 37 heavy (non-hydrogen) atoms. The molecule has 0 saturated carbocycles. The molecule has 5 rings (SSSR count). The summed E-state index contributed by atoms with van der Waals surface area (Å²) in [5.41, 5.74) is 4.42. The van der Waals surface area contributed by atoms with Crippen molar-refractivity contribution in [2.45, 2.75) is 20.5 Å². The van der Waals surface area contributed by atoms with E-state index in [4.69, 9.17) is 23.2 Å². The summed E-state index contributed by atoms with van der Waals surface area (Å²) < 4.78 is 28.1. The van der Waals surface area contributed by atoms with Crippen LogP contribution < -0.4 is 19.5 Å². The van der Waals surface area contributed by atoms with E-state index in [2.05, 4.69) is 10.5 Å². The molecule has 0 aliphatic heterocycles. The number of furan rings is 1. The number of hydrogen-bond acceptors (Lipinski definition) is 7. The molecule has 5 aromatic rings. The Hall–Kier alpha value is -4.72. The highest BCUT2D eigenvalue weighted by atomic mass is 16.5. The molecule has 0 aliphatic rings. The molecule has 8 nitrogen and oxygen atoms in total. The maximum atomic E-state index is 12.7. The fourth-order valence-electron chi connectivity index (χ4n) is 4.13. The number of aryl methyl sites for hydroxylation is 2. The summed E-state index contributed by atoms with van der Waals surface area (Å²) in [7, 11) is 3.13. The number of amides is 1. The Bertz CT molecular complexity index is 1610. The van der Waals surface area contributed by atoms with Crippen LogP contribution in [-0.4, -0.2) is 25.3 Å². The molecule has 188 valence electrons. The Kier molecular flexibility index (Phi) is 6.55. The van der Waals surface area contributed by atoms with Crippen molar-refractivity contribution in [3.8, 4) is 17.2 Å². The van der Waals surface area contributed by atoms with Crippen molar-refractivity contribution in [3.05, 3.63) is 83.3 Å². The third-order valence-corrected chi connectivity index (χ3v) is 6.12. The van der Waals surface area contributed by atoms with Crippen molar-refractivity contribution in [2.75, 3.05) is 19.5 Å². The molecule has 0 spiro atoms. The highest BCUT2D eigenvalue weighted by Crippen LogP contribution is 2.36. The number of nitrogens with one attached hydrogen (secondary N) is 1. The van der Waals surface area contributed by atoms with Crippen LogP contribution in [0.4, 0.5) is 5.69 Å². The zero-order valence-electron chi connectivity index (χ0n) is 21.0. The minimum atomic E-state index is -0.313. The molecule has 2 heterocycles. The molecular formula is C29H26N2O6. The van der Waals surface area contributed by atoms with Crippen LogP contribution in [0.2, 0.25) is 0 Å². The quantitative estimate of drug-likeness (QED) is 0.246. The van der Waals surface area contributed by atoms with Gasteiger partial charge in [-0.3, -0.25) is 4.79 Å². The molecule has 1 amide bonds. The third-order valence-electron chi connectivity index (χ3n) is 6.12. The SMILES string of the molecule is COc1cc2c(cc1NC(=O)/C=C/c1ccc(OCc3c(C)noc3C)c(OC)c1)oc1ccccc12. The van der Waals surface area contributed by atoms with Crippen LogP contribution in [0, 0.1) is 13.8 Å². The lowest BCUT2D eigenvalue weighted by atomic mass is 10.1. The Balaban J connectivity index is 1.31. The maximum absolute atomic E-state index is 12.7. The van der Waals surface area contributed by atoms with E-state index >= 15 is 0 Å². The Labute approximate surface area is 213 Å². The van der Waals surface area contributed by atoms with Crippen molar-refractivity contribution in [3.63, 3.8) is 0 Å². The lowest BCUT2D eigenvalue weighted by Crippen LogP contribution is -2.08. The number of rotatable bonds is 8. The number of para-hydroxylation sites is 1. The van der Waals surface area contributed by atoms with Crippen LogP contribution in [0.1, 0.15) is 22.6 Å². The normalized spacial score (nSPS) is 11.4. The largest absolute Gasteiger partial charge is 0.495 e. The maximum Gasteiger partial charge on any atom is 0.248 e. The number of ether oxygens (including phenoxy) is 3. The standard InChI is InChI=1S/C29H26N2O6/c1-17-22(18(2)37-31-17)16-35-25-11-9-19(13-28(25)34-4)10-12-29(32)30-23-15-26-21(14-27(23)33-3)20-7-5-6-8-24(20)36-26/h5-15H,16H2,1-4H3,(H,30,32)/b12-10+. The number of fused-ring (bicyclic) bond motifs is 3. The van der Waals surface area contributed by atoms with Gasteiger partial charge in [-0.1, -0.05) is 29.4 Å². The summed E-state index contributed by atoms with van der Waals surface area (Å²) in [6.07, 6.45) is 3.14. The van der Waals surface area contributed by atoms with Gasteiger partial charge in [-0.05, 0) is 49.8 Å². The zero-order chi connectivity index (χ0) is 25.9. The van der Waals surface area contributed by atoms with E-state index < -0.39 is 0 Å². The monoisotopic (exact) mass is 498 g/mol. The number of methoxy groups -OCH3 is 2. The van der Waals surface area contributed by atoms with Crippen LogP contribution in [0.25, 0.3) is 28.0 Å². The minimum Gasteiger partial charge on any atom is -0.495 e. The molecule has 0 saturated heterocycles. The number of anilines is 1. The van der Waals surface area contributed by atoms with Gasteiger partial charge in [0.2, 0.25) is 5.91 Å². The van der Waals surface area contributed by atoms with Crippen molar-refractivity contribution >= 4 is 39.6 Å². The van der Waals surface area contributed by atoms with Gasteiger partial charge in [-0.2, -0.15) is 0 Å². The van der Waals surface area contributed by atoms with Gasteiger partial charge < -0.3 is 28.5 Å². The molecular weight excluding hydrogens is 472 g/mol. The first-order valence-corrected chi connectivity index (χ1v) is 11.7. The summed E-state index contributed by atoms with van der Waals surface area (Å²) in [5, 5.41) is 8.73. The molecule has 0 aliphatic carbocycles. The Morgan fingerprint density at radius 2 is 1.76 bits per heavy atom. The second-order valence-corrected chi connectivity index (χ2v) is 8.47. The van der Waals surface area contributed by atoms with Crippen LogP contribution >= 0.6 is 0 Å². The van der Waals surface area contributed by atoms with Gasteiger partial charge in [0.05, 0.1) is 31.2 Å². The predicted molar refractivity (Wildman–Crippen MR) is 141 cm³/mol. The van der Waals surface area contributed by atoms with Gasteiger partial charge in [0.15, 0.2) is 11.5 Å². The van der Waals surface area contributed by atoms with E-state index in [1.54, 1.807) is 38.5 Å². The first-order valence-electron chi connectivity index (χ1n) is 11.7. The zero-order valence-corrected chi connectivity index (χ0v) is 21.0. The van der Waals surface area contributed by atoms with E-state index in [1.165, 1.54) is 6.08 Å². The first kappa shape index (κ1) is 24.0. The van der Waals surface area contributed by atoms with E-state index in [1.807, 2.05) is 50.2 Å². The van der Waals surface area contributed by atoms with Gasteiger partial charge in [-0.15, -0.1) is 0 Å². The number of nitrogens with zero attached hydrogens (tertiary/aromatic N) is 1. The minimum absolute atomic E-state index is 0.312. The third kappa shape index (κ3) is 4.86. The molecule has 3 aromatic carbocycles. The van der Waals surface area contributed by atoms with Gasteiger partial charge in [0.25, 0.3) is 0 Å². The van der Waals surface area contributed by atoms with Gasteiger partial charge in [-0.25, -0.2) is 0 Å². The number of aromatic nitrogens is 1. The number of benzene rings is 3. The Morgan fingerprint density at radius 3 is 2.51 bits per heavy atom. The average Bonchev–Trinajstić information content (AvgIpc) is 3.43. The van der Waals surface area contributed by atoms with Crippen LogP contribution in [-0.2, 0) is 11.4 Å². The summed E-state index contributed by atoms with van der Waals surface area (Å²) in [4.78, 5) is 12.7. The summed E-state index contributed by atoms with van der Waals surface area (Å²) in [5.74, 6) is 2.08. The van der Waals surface area contributed by atoms with Crippen molar-refractivity contribution in [1.29, 1.82) is 0 Å². The molecule has 0 unspecified atom stereocenters. The molecule has 8 heteroatoms. The highest BCUT2D eigenvalue weighted by Gasteiger charge is 2.14. The number of carbonyl (C=O) groups is 1. The number of hydrogen-bond donors (Lipinski definition) is 1. The summed E-state index contributed by atoms with van der Waals surface area (Å²) in [6.45, 7) is 4.03. The van der Waals surface area contributed by atoms with Crippen LogP contribution in [0.15, 0.2) is 69.6 Å². The van der Waals surface area contributed by atoms with Gasteiger partial charge in [0.1, 0.15) is 29.3 Å². The fraction of sp³-hybridized carbons (Fsp3) is 0.172. The Morgan fingerprint density at radius 1 is 0.946 bits per heavy atom. The van der Waals surface area contributed by atoms with Crippen LogP contribution in [0.3, 0.4) is 0 Å². The molecule has 0 fully saturated rings. The second kappa shape index (κ2) is 10.1. The van der Waals surface area contributed by atoms with Crippen molar-refractivity contribution in [1.82, 2.24) is 5.16 Å². The van der Waals surface area contributed by atoms with E-state index in [0.29, 0.717) is 35.1 Å². The first-order chi connectivity index (χ1) is 18.0. The lowest BCUT2D eigenvalue weighted by molar-refractivity contribution is -0.111. The van der Waals surface area contributed by atoms with E-state index in [9.17, 15) is 4.79 Å². The van der Waals surface area contributed by atoms with Crippen molar-refractivity contribution in [2.24, 2.45) is 0 Å². The molecule has 0 radical (unpaired) electrons. The molecule has 0 atom stereocenters. The molecule has 1 N–H and O–H groups in total. The van der Waals surface area contributed by atoms with Crippen molar-refractivity contribution < 1.29 is 27.9 Å². The van der Waals surface area contributed by atoms with E-state index in [-0.39, 0.29) is 5.91 Å². The van der Waals surface area contributed by atoms with Gasteiger partial charge in [0, 0.05) is 22.9 Å². The number of carbonyl (C=O) groups excluding carboxylic acids is 1. The van der Waals surface area contributed by atoms with E-state index in [0.717, 1.165) is 38.9 Å². The lowest BCUT2D eigenvalue weighted by Gasteiger charge is -2.11. The fourth-order valence-corrected chi connectivity index (χ4v) is 4.13. The second-order valence-electron chi connectivity index (χ2n) is 8.47. The van der Waals surface area contributed by atoms with Crippen LogP contribution in [0.5, 0.6) is 17.2 Å². The van der Waals surface area contributed by atoms with Gasteiger partial charge >= 0.3 is 0 Å². The topological polar surface area (TPSA) is 96.0 Å². The summed E-state index contributed by atoms with van der Waals surface area (Å²) >= 11 is 0. The molecule has 0 bridgehead atoms. The average molecular weight is 499 g/mol.